The maximum atomic E-state index is 11.8. The molecule has 6 nitrogen and oxygen atoms in total. The first-order chi connectivity index (χ1) is 13.6. The fourth-order valence-electron chi connectivity index (χ4n) is 2.23. The van der Waals surface area contributed by atoms with Crippen LogP contribution in [-0.4, -0.2) is 25.0 Å². The number of benzene rings is 2. The molecule has 2 N–H and O–H groups in total. The van der Waals surface area contributed by atoms with Gasteiger partial charge in [0.15, 0.2) is 0 Å². The molecule has 0 saturated heterocycles. The molecule has 0 saturated carbocycles. The largest absolute Gasteiger partial charge is 0.494 e. The van der Waals surface area contributed by atoms with Crippen molar-refractivity contribution < 1.29 is 19.1 Å². The highest BCUT2D eigenvalue weighted by Crippen LogP contribution is 2.13. The third kappa shape index (κ3) is 7.37. The summed E-state index contributed by atoms with van der Waals surface area (Å²) < 4.78 is 10.7. The van der Waals surface area contributed by atoms with Crippen LogP contribution in [0.15, 0.2) is 60.7 Å². The van der Waals surface area contributed by atoms with Gasteiger partial charge in [-0.25, -0.2) is 0 Å². The normalized spacial score (nSPS) is 10.8. The molecule has 0 radical (unpaired) electrons. The monoisotopic (exact) mass is 380 g/mol. The molecule has 2 rings (SSSR count). The number of nitrogens with one attached hydrogen (secondary N) is 2. The van der Waals surface area contributed by atoms with E-state index in [2.05, 4.69) is 10.9 Å². The molecule has 0 atom stereocenters. The number of hydrogen-bond donors (Lipinski definition) is 2. The summed E-state index contributed by atoms with van der Waals surface area (Å²) in [6, 6.07) is 14.7. The van der Waals surface area contributed by atoms with E-state index in [0.29, 0.717) is 13.2 Å². The number of carbonyl (C=O) groups is 2. The summed E-state index contributed by atoms with van der Waals surface area (Å²) in [5, 5.41) is 0. The van der Waals surface area contributed by atoms with Gasteiger partial charge in [0.25, 0.3) is 11.8 Å². The molecule has 0 spiro atoms. The van der Waals surface area contributed by atoms with Crippen LogP contribution in [0.5, 0.6) is 11.5 Å². The van der Waals surface area contributed by atoms with Gasteiger partial charge in [0.1, 0.15) is 11.5 Å². The van der Waals surface area contributed by atoms with Crippen molar-refractivity contribution in [1.29, 1.82) is 0 Å². The van der Waals surface area contributed by atoms with Gasteiger partial charge in [-0.3, -0.25) is 20.4 Å². The molecule has 146 valence electrons. The van der Waals surface area contributed by atoms with Crippen LogP contribution >= 0.6 is 0 Å². The third-order valence-corrected chi connectivity index (χ3v) is 3.55. The molecule has 0 heterocycles. The van der Waals surface area contributed by atoms with E-state index in [0.717, 1.165) is 22.6 Å². The Balaban J connectivity index is 1.77. The lowest BCUT2D eigenvalue weighted by molar-refractivity contribution is -0.123. The van der Waals surface area contributed by atoms with Crippen molar-refractivity contribution in [3.05, 3.63) is 71.8 Å². The minimum atomic E-state index is -0.434. The zero-order valence-corrected chi connectivity index (χ0v) is 16.0. The first-order valence-corrected chi connectivity index (χ1v) is 9.02. The molecule has 2 aromatic rings. The highest BCUT2D eigenvalue weighted by molar-refractivity contribution is 5.96. The maximum absolute atomic E-state index is 11.8. The van der Waals surface area contributed by atoms with E-state index in [-0.39, 0.29) is 0 Å². The van der Waals surface area contributed by atoms with Gasteiger partial charge >= 0.3 is 0 Å². The van der Waals surface area contributed by atoms with Crippen molar-refractivity contribution in [2.75, 3.05) is 13.2 Å². The highest BCUT2D eigenvalue weighted by atomic mass is 16.5. The first kappa shape index (κ1) is 20.8. The van der Waals surface area contributed by atoms with Crippen molar-refractivity contribution >= 4 is 24.0 Å². The Hall–Kier alpha value is -3.54. The lowest BCUT2D eigenvalue weighted by Crippen LogP contribution is -2.39. The fourth-order valence-corrected chi connectivity index (χ4v) is 2.23. The summed E-state index contributed by atoms with van der Waals surface area (Å²) in [6.07, 6.45) is 5.97. The summed E-state index contributed by atoms with van der Waals surface area (Å²) in [4.78, 5) is 23.6. The Labute approximate surface area is 164 Å². The second kappa shape index (κ2) is 11.2. The number of rotatable bonds is 8. The van der Waals surface area contributed by atoms with Crippen LogP contribution < -0.4 is 20.3 Å². The van der Waals surface area contributed by atoms with E-state index in [9.17, 15) is 9.59 Å². The molecule has 0 aromatic heterocycles. The molecule has 0 bridgehead atoms. The van der Waals surface area contributed by atoms with E-state index >= 15 is 0 Å². The van der Waals surface area contributed by atoms with Crippen molar-refractivity contribution in [2.24, 2.45) is 0 Å². The van der Waals surface area contributed by atoms with Crippen LogP contribution in [0.2, 0.25) is 0 Å². The third-order valence-electron chi connectivity index (χ3n) is 3.55. The van der Waals surface area contributed by atoms with E-state index in [1.807, 2.05) is 62.4 Å². The molecule has 6 heteroatoms. The van der Waals surface area contributed by atoms with E-state index in [1.165, 1.54) is 12.2 Å². The second-order valence-corrected chi connectivity index (χ2v) is 5.65. The molecular weight excluding hydrogens is 356 g/mol. The van der Waals surface area contributed by atoms with Crippen LogP contribution in [0.1, 0.15) is 25.0 Å². The van der Waals surface area contributed by atoms with Crippen molar-refractivity contribution in [3.8, 4) is 11.5 Å². The second-order valence-electron chi connectivity index (χ2n) is 5.65. The standard InChI is InChI=1S/C22H24N2O4/c1-3-27-19-11-5-17(6-12-19)9-15-21(25)23-24-22(26)16-10-18-7-13-20(14-8-18)28-4-2/h5-16H,3-4H2,1-2H3,(H,23,25)(H,24,26)/b15-9+,16-10+. The van der Waals surface area contributed by atoms with Crippen molar-refractivity contribution in [2.45, 2.75) is 13.8 Å². The molecular formula is C22H24N2O4. The summed E-state index contributed by atoms with van der Waals surface area (Å²) in [7, 11) is 0. The van der Waals surface area contributed by atoms with Crippen LogP contribution in [0.25, 0.3) is 12.2 Å². The molecule has 2 aromatic carbocycles. The van der Waals surface area contributed by atoms with Crippen LogP contribution in [-0.2, 0) is 9.59 Å². The fraction of sp³-hybridized carbons (Fsp3) is 0.182. The molecule has 0 aliphatic heterocycles. The number of hydrazine groups is 1. The van der Waals surface area contributed by atoms with Crippen molar-refractivity contribution in [1.82, 2.24) is 10.9 Å². The zero-order valence-electron chi connectivity index (χ0n) is 16.0. The average molecular weight is 380 g/mol. The summed E-state index contributed by atoms with van der Waals surface area (Å²) in [6.45, 7) is 5.04. The van der Waals surface area contributed by atoms with Gasteiger partial charge in [-0.1, -0.05) is 24.3 Å². The van der Waals surface area contributed by atoms with Gasteiger partial charge in [-0.15, -0.1) is 0 Å². The van der Waals surface area contributed by atoms with Crippen LogP contribution in [0.3, 0.4) is 0 Å². The maximum Gasteiger partial charge on any atom is 0.262 e. The van der Waals surface area contributed by atoms with Crippen LogP contribution in [0.4, 0.5) is 0 Å². The average Bonchev–Trinajstić information content (AvgIpc) is 2.71. The lowest BCUT2D eigenvalue weighted by atomic mass is 10.2. The van der Waals surface area contributed by atoms with Gasteiger partial charge in [-0.05, 0) is 61.4 Å². The molecule has 0 unspecified atom stereocenters. The Morgan fingerprint density at radius 1 is 0.714 bits per heavy atom. The topological polar surface area (TPSA) is 76.7 Å². The summed E-state index contributed by atoms with van der Waals surface area (Å²) in [5.41, 5.74) is 6.35. The SMILES string of the molecule is CCOc1ccc(/C=C/C(=O)NNC(=O)/C=C/c2ccc(OCC)cc2)cc1. The zero-order chi connectivity index (χ0) is 20.2. The Morgan fingerprint density at radius 2 is 1.07 bits per heavy atom. The minimum absolute atomic E-state index is 0.434. The van der Waals surface area contributed by atoms with Gasteiger partial charge in [0.05, 0.1) is 13.2 Å². The lowest BCUT2D eigenvalue weighted by Gasteiger charge is -2.03. The van der Waals surface area contributed by atoms with Gasteiger partial charge in [0, 0.05) is 12.2 Å². The van der Waals surface area contributed by atoms with Gasteiger partial charge in [0.2, 0.25) is 0 Å². The number of hydrogen-bond acceptors (Lipinski definition) is 4. The van der Waals surface area contributed by atoms with Crippen molar-refractivity contribution in [3.63, 3.8) is 0 Å². The Morgan fingerprint density at radius 3 is 1.39 bits per heavy atom. The van der Waals surface area contributed by atoms with Gasteiger partial charge in [-0.2, -0.15) is 0 Å². The smallest absolute Gasteiger partial charge is 0.262 e. The predicted octanol–water partition coefficient (Wildman–Crippen LogP) is 3.36. The number of ether oxygens (including phenoxy) is 2. The van der Waals surface area contributed by atoms with E-state index < -0.39 is 11.8 Å². The first-order valence-electron chi connectivity index (χ1n) is 9.02. The molecule has 0 aliphatic carbocycles. The molecule has 0 aliphatic rings. The Bertz CT molecular complexity index is 753. The van der Waals surface area contributed by atoms with E-state index in [4.69, 9.17) is 9.47 Å². The number of carbonyl (C=O) groups excluding carboxylic acids is 2. The molecule has 2 amide bonds. The molecule has 28 heavy (non-hydrogen) atoms. The Kier molecular flexibility index (Phi) is 8.33. The van der Waals surface area contributed by atoms with Crippen LogP contribution in [0, 0.1) is 0 Å². The molecule has 0 fully saturated rings. The quantitative estimate of drug-likeness (QED) is 0.544. The number of amides is 2. The van der Waals surface area contributed by atoms with Gasteiger partial charge < -0.3 is 9.47 Å². The van der Waals surface area contributed by atoms with E-state index in [1.54, 1.807) is 12.2 Å². The summed E-state index contributed by atoms with van der Waals surface area (Å²) in [5.74, 6) is 0.680. The minimum Gasteiger partial charge on any atom is -0.494 e. The predicted molar refractivity (Wildman–Crippen MR) is 110 cm³/mol. The summed E-state index contributed by atoms with van der Waals surface area (Å²) >= 11 is 0. The highest BCUT2D eigenvalue weighted by Gasteiger charge is 1.99.